The highest BCUT2D eigenvalue weighted by atomic mass is 14.6. The minimum Gasteiger partial charge on any atom is -0.265 e. The van der Waals surface area contributed by atoms with Crippen LogP contribution in [0.15, 0.2) is 42.1 Å². The standard InChI is InChI=1S/C11H17N/c1-6-10(11(3,4)5)8-9-12-7-2/h6-9H,1-2H2,3-5H3/b10-8+,12-9-. The van der Waals surface area contributed by atoms with Crippen molar-refractivity contribution < 1.29 is 0 Å². The highest BCUT2D eigenvalue weighted by Gasteiger charge is 2.12. The summed E-state index contributed by atoms with van der Waals surface area (Å²) < 4.78 is 0. The van der Waals surface area contributed by atoms with Crippen molar-refractivity contribution in [2.75, 3.05) is 0 Å². The van der Waals surface area contributed by atoms with Gasteiger partial charge >= 0.3 is 0 Å². The zero-order valence-corrected chi connectivity index (χ0v) is 8.17. The number of nitrogens with zero attached hydrogens (tertiary/aromatic N) is 1. The third-order valence-corrected chi connectivity index (χ3v) is 1.53. The molecule has 0 aliphatic rings. The van der Waals surface area contributed by atoms with E-state index in [1.807, 2.05) is 12.2 Å². The second kappa shape index (κ2) is 4.70. The smallest absolute Gasteiger partial charge is 0.0270 e. The van der Waals surface area contributed by atoms with E-state index in [2.05, 4.69) is 38.9 Å². The van der Waals surface area contributed by atoms with Gasteiger partial charge in [0.25, 0.3) is 0 Å². The lowest BCUT2D eigenvalue weighted by atomic mass is 9.86. The van der Waals surface area contributed by atoms with Crippen molar-refractivity contribution in [2.24, 2.45) is 10.4 Å². The molecular weight excluding hydrogens is 146 g/mol. The van der Waals surface area contributed by atoms with Crippen LogP contribution >= 0.6 is 0 Å². The predicted octanol–water partition coefficient (Wildman–Crippen LogP) is 3.36. The third kappa shape index (κ3) is 3.91. The molecule has 0 saturated heterocycles. The third-order valence-electron chi connectivity index (χ3n) is 1.53. The van der Waals surface area contributed by atoms with Crippen LogP contribution in [-0.4, -0.2) is 6.21 Å². The normalized spacial score (nSPS) is 13.4. The molecule has 0 unspecified atom stereocenters. The first-order valence-electron chi connectivity index (χ1n) is 3.99. The van der Waals surface area contributed by atoms with Gasteiger partial charge in [0.2, 0.25) is 0 Å². The van der Waals surface area contributed by atoms with Crippen LogP contribution in [0, 0.1) is 5.41 Å². The molecule has 0 bridgehead atoms. The Morgan fingerprint density at radius 1 is 1.25 bits per heavy atom. The average molecular weight is 163 g/mol. The Labute approximate surface area is 75.2 Å². The van der Waals surface area contributed by atoms with Gasteiger partial charge in [0.05, 0.1) is 0 Å². The highest BCUT2D eigenvalue weighted by Crippen LogP contribution is 2.24. The summed E-state index contributed by atoms with van der Waals surface area (Å²) >= 11 is 0. The summed E-state index contributed by atoms with van der Waals surface area (Å²) in [6.07, 6.45) is 7.05. The first-order valence-corrected chi connectivity index (χ1v) is 3.99. The lowest BCUT2D eigenvalue weighted by Crippen LogP contribution is -2.07. The molecule has 0 heterocycles. The van der Waals surface area contributed by atoms with Crippen molar-refractivity contribution in [1.82, 2.24) is 0 Å². The van der Waals surface area contributed by atoms with Crippen LogP contribution in [0.25, 0.3) is 0 Å². The Balaban J connectivity index is 4.55. The SMILES string of the molecule is C=C/N=C\C=C(/C=C)C(C)(C)C. The summed E-state index contributed by atoms with van der Waals surface area (Å²) in [6.45, 7) is 13.7. The molecule has 0 fully saturated rings. The first-order chi connectivity index (χ1) is 5.52. The fourth-order valence-corrected chi connectivity index (χ4v) is 0.808. The maximum atomic E-state index is 3.89. The largest absolute Gasteiger partial charge is 0.265 e. The fourth-order valence-electron chi connectivity index (χ4n) is 0.808. The molecule has 0 amide bonds. The Kier molecular flexibility index (Phi) is 4.27. The highest BCUT2D eigenvalue weighted by molar-refractivity contribution is 5.73. The van der Waals surface area contributed by atoms with Gasteiger partial charge < -0.3 is 0 Å². The number of aliphatic imine (C=N–C) groups is 1. The van der Waals surface area contributed by atoms with Crippen LogP contribution in [0.5, 0.6) is 0 Å². The van der Waals surface area contributed by atoms with E-state index in [0.717, 1.165) is 0 Å². The molecule has 1 heteroatoms. The zero-order valence-electron chi connectivity index (χ0n) is 8.17. The van der Waals surface area contributed by atoms with Crippen molar-refractivity contribution in [1.29, 1.82) is 0 Å². The van der Waals surface area contributed by atoms with Crippen molar-refractivity contribution >= 4 is 6.21 Å². The molecule has 1 nitrogen and oxygen atoms in total. The van der Waals surface area contributed by atoms with Gasteiger partial charge in [-0.25, -0.2) is 0 Å². The van der Waals surface area contributed by atoms with E-state index in [-0.39, 0.29) is 5.41 Å². The van der Waals surface area contributed by atoms with Gasteiger partial charge in [-0.15, -0.1) is 0 Å². The van der Waals surface area contributed by atoms with E-state index in [0.29, 0.717) is 0 Å². The summed E-state index contributed by atoms with van der Waals surface area (Å²) in [5, 5.41) is 0. The fraction of sp³-hybridized carbons (Fsp3) is 0.364. The van der Waals surface area contributed by atoms with Crippen LogP contribution in [0.2, 0.25) is 0 Å². The van der Waals surface area contributed by atoms with Gasteiger partial charge in [-0.2, -0.15) is 0 Å². The first kappa shape index (κ1) is 10.9. The molecule has 0 rings (SSSR count). The monoisotopic (exact) mass is 163 g/mol. The van der Waals surface area contributed by atoms with Crippen LogP contribution in [-0.2, 0) is 0 Å². The summed E-state index contributed by atoms with van der Waals surface area (Å²) in [6, 6.07) is 0. The van der Waals surface area contributed by atoms with Crippen molar-refractivity contribution in [3.05, 3.63) is 37.1 Å². The maximum absolute atomic E-state index is 3.89. The average Bonchev–Trinajstić information content (AvgIpc) is 1.95. The van der Waals surface area contributed by atoms with Crippen molar-refractivity contribution in [3.8, 4) is 0 Å². The molecule has 0 aliphatic carbocycles. The second-order valence-corrected chi connectivity index (χ2v) is 3.56. The number of allylic oxidation sites excluding steroid dienone is 3. The molecule has 0 atom stereocenters. The number of hydrogen-bond donors (Lipinski definition) is 0. The summed E-state index contributed by atoms with van der Waals surface area (Å²) in [5.74, 6) is 0. The van der Waals surface area contributed by atoms with Crippen LogP contribution in [0.3, 0.4) is 0 Å². The van der Waals surface area contributed by atoms with Gasteiger partial charge in [-0.1, -0.05) is 40.0 Å². The van der Waals surface area contributed by atoms with Crippen LogP contribution in [0.1, 0.15) is 20.8 Å². The number of hydrogen-bond acceptors (Lipinski definition) is 1. The topological polar surface area (TPSA) is 12.4 Å². The Hall–Kier alpha value is -1.11. The van der Waals surface area contributed by atoms with Crippen molar-refractivity contribution in [3.63, 3.8) is 0 Å². The second-order valence-electron chi connectivity index (χ2n) is 3.56. The van der Waals surface area contributed by atoms with E-state index in [1.54, 1.807) is 6.21 Å². The molecule has 66 valence electrons. The molecule has 0 N–H and O–H groups in total. The Morgan fingerprint density at radius 3 is 2.17 bits per heavy atom. The lowest BCUT2D eigenvalue weighted by Gasteiger charge is -2.19. The van der Waals surface area contributed by atoms with Gasteiger partial charge in [-0.3, -0.25) is 4.99 Å². The van der Waals surface area contributed by atoms with Gasteiger partial charge in [0, 0.05) is 12.4 Å². The molecule has 0 spiro atoms. The van der Waals surface area contributed by atoms with Crippen LogP contribution in [0.4, 0.5) is 0 Å². The lowest BCUT2D eigenvalue weighted by molar-refractivity contribution is 0.518. The van der Waals surface area contributed by atoms with E-state index < -0.39 is 0 Å². The summed E-state index contributed by atoms with van der Waals surface area (Å²) in [4.78, 5) is 3.89. The number of rotatable bonds is 3. The molecule has 0 aromatic carbocycles. The van der Waals surface area contributed by atoms with Crippen molar-refractivity contribution in [2.45, 2.75) is 20.8 Å². The minimum atomic E-state index is 0.134. The summed E-state index contributed by atoms with van der Waals surface area (Å²) in [7, 11) is 0. The van der Waals surface area contributed by atoms with Gasteiger partial charge in [-0.05, 0) is 17.1 Å². The summed E-state index contributed by atoms with van der Waals surface area (Å²) in [5.41, 5.74) is 1.31. The van der Waals surface area contributed by atoms with Gasteiger partial charge in [0.15, 0.2) is 0 Å². The molecule has 0 aliphatic heterocycles. The van der Waals surface area contributed by atoms with E-state index in [1.165, 1.54) is 11.8 Å². The van der Waals surface area contributed by atoms with E-state index >= 15 is 0 Å². The predicted molar refractivity (Wildman–Crippen MR) is 56.4 cm³/mol. The Bertz CT molecular complexity index is 214. The van der Waals surface area contributed by atoms with E-state index in [9.17, 15) is 0 Å². The van der Waals surface area contributed by atoms with Crippen LogP contribution < -0.4 is 0 Å². The molecule has 0 saturated carbocycles. The molecular formula is C11H17N. The molecule has 0 radical (unpaired) electrons. The molecule has 0 aromatic heterocycles. The quantitative estimate of drug-likeness (QED) is 0.447. The minimum absolute atomic E-state index is 0.134. The maximum Gasteiger partial charge on any atom is 0.0270 e. The molecule has 0 aromatic rings. The Morgan fingerprint density at radius 2 is 1.83 bits per heavy atom. The van der Waals surface area contributed by atoms with Gasteiger partial charge in [0.1, 0.15) is 0 Å². The molecule has 12 heavy (non-hydrogen) atoms. The zero-order chi connectivity index (χ0) is 9.61. The van der Waals surface area contributed by atoms with E-state index in [4.69, 9.17) is 0 Å².